The molecular formula is C21H22FN5O3S. The van der Waals surface area contributed by atoms with Crippen LogP contribution in [0.2, 0.25) is 0 Å². The van der Waals surface area contributed by atoms with Gasteiger partial charge in [-0.25, -0.2) is 4.39 Å². The van der Waals surface area contributed by atoms with Gasteiger partial charge < -0.3 is 19.9 Å². The number of aryl methyl sites for hydroxylation is 1. The van der Waals surface area contributed by atoms with Crippen molar-refractivity contribution in [1.82, 2.24) is 20.1 Å². The van der Waals surface area contributed by atoms with Crippen LogP contribution in [-0.4, -0.2) is 39.4 Å². The lowest BCUT2D eigenvalue weighted by atomic mass is 10.2. The molecular weight excluding hydrogens is 421 g/mol. The number of methoxy groups -OCH3 is 1. The second-order valence-corrected chi connectivity index (χ2v) is 7.60. The van der Waals surface area contributed by atoms with Gasteiger partial charge in [0.05, 0.1) is 30.7 Å². The van der Waals surface area contributed by atoms with Gasteiger partial charge in [-0.05, 0) is 36.8 Å². The molecule has 0 aliphatic rings. The Hall–Kier alpha value is -3.40. The maximum Gasteiger partial charge on any atom is 0.254 e. The Labute approximate surface area is 183 Å². The lowest BCUT2D eigenvalue weighted by Crippen LogP contribution is -2.25. The molecule has 2 amide bonds. The van der Waals surface area contributed by atoms with Crippen LogP contribution in [0.4, 0.5) is 10.1 Å². The largest absolute Gasteiger partial charge is 0.495 e. The number of rotatable bonds is 8. The number of hydrogen-bond acceptors (Lipinski definition) is 6. The number of hydrogen-bond donors (Lipinski definition) is 2. The SMILES string of the molecule is COc1ccc(C)cc1NC(=O)CSc1nnc(CNC(=O)c2ccccc2F)n1C. The molecule has 0 aliphatic carbocycles. The van der Waals surface area contributed by atoms with Crippen molar-refractivity contribution in [3.05, 3.63) is 65.2 Å². The van der Waals surface area contributed by atoms with Gasteiger partial charge in [0, 0.05) is 7.05 Å². The second kappa shape index (κ2) is 10.1. The highest BCUT2D eigenvalue weighted by molar-refractivity contribution is 7.99. The molecule has 0 unspecified atom stereocenters. The van der Waals surface area contributed by atoms with E-state index >= 15 is 0 Å². The van der Waals surface area contributed by atoms with E-state index in [2.05, 4.69) is 20.8 Å². The van der Waals surface area contributed by atoms with E-state index in [4.69, 9.17) is 4.74 Å². The summed E-state index contributed by atoms with van der Waals surface area (Å²) in [7, 11) is 3.27. The third-order valence-electron chi connectivity index (χ3n) is 4.41. The van der Waals surface area contributed by atoms with Crippen LogP contribution < -0.4 is 15.4 Å². The van der Waals surface area contributed by atoms with Crippen LogP contribution in [0.5, 0.6) is 5.75 Å². The van der Waals surface area contributed by atoms with Crippen molar-refractivity contribution in [3.8, 4) is 5.75 Å². The normalized spacial score (nSPS) is 10.6. The minimum Gasteiger partial charge on any atom is -0.495 e. The standard InChI is InChI=1S/C21H22FN5O3S/c1-13-8-9-17(30-3)16(10-13)24-19(28)12-31-21-26-25-18(27(21)2)11-23-20(29)14-6-4-5-7-15(14)22/h4-10H,11-12H2,1-3H3,(H,23,29)(H,24,28). The first-order chi connectivity index (χ1) is 14.9. The monoisotopic (exact) mass is 443 g/mol. The molecule has 1 aromatic heterocycles. The molecule has 2 aromatic carbocycles. The van der Waals surface area contributed by atoms with Crippen LogP contribution in [0.15, 0.2) is 47.6 Å². The summed E-state index contributed by atoms with van der Waals surface area (Å²) in [5.41, 5.74) is 1.56. The minimum atomic E-state index is -0.592. The zero-order valence-electron chi connectivity index (χ0n) is 17.3. The topological polar surface area (TPSA) is 98.1 Å². The summed E-state index contributed by atoms with van der Waals surface area (Å²) < 4.78 is 20.6. The van der Waals surface area contributed by atoms with Crippen molar-refractivity contribution in [2.24, 2.45) is 7.05 Å². The average Bonchev–Trinajstić information content (AvgIpc) is 3.10. The molecule has 0 bridgehead atoms. The highest BCUT2D eigenvalue weighted by Gasteiger charge is 2.15. The first-order valence-electron chi connectivity index (χ1n) is 9.37. The predicted octanol–water partition coefficient (Wildman–Crippen LogP) is 2.93. The molecule has 2 N–H and O–H groups in total. The Balaban J connectivity index is 1.56. The van der Waals surface area contributed by atoms with Gasteiger partial charge in [-0.15, -0.1) is 10.2 Å². The van der Waals surface area contributed by atoms with Crippen LogP contribution >= 0.6 is 11.8 Å². The average molecular weight is 444 g/mol. The van der Waals surface area contributed by atoms with Gasteiger partial charge >= 0.3 is 0 Å². The fourth-order valence-electron chi connectivity index (χ4n) is 2.76. The zero-order valence-corrected chi connectivity index (χ0v) is 18.1. The van der Waals surface area contributed by atoms with Gasteiger partial charge in [-0.2, -0.15) is 0 Å². The predicted molar refractivity (Wildman–Crippen MR) is 116 cm³/mol. The van der Waals surface area contributed by atoms with Crippen molar-refractivity contribution >= 4 is 29.3 Å². The number of thioether (sulfide) groups is 1. The maximum atomic E-state index is 13.7. The highest BCUT2D eigenvalue weighted by atomic mass is 32.2. The number of halogens is 1. The van der Waals surface area contributed by atoms with E-state index < -0.39 is 11.7 Å². The van der Waals surface area contributed by atoms with E-state index in [1.54, 1.807) is 30.9 Å². The van der Waals surface area contributed by atoms with E-state index in [1.807, 2.05) is 19.1 Å². The van der Waals surface area contributed by atoms with Gasteiger partial charge in [-0.3, -0.25) is 9.59 Å². The van der Waals surface area contributed by atoms with Gasteiger partial charge in [-0.1, -0.05) is 30.0 Å². The molecule has 1 heterocycles. The summed E-state index contributed by atoms with van der Waals surface area (Å²) >= 11 is 1.21. The van der Waals surface area contributed by atoms with E-state index in [0.29, 0.717) is 22.4 Å². The molecule has 0 fully saturated rings. The Morgan fingerprint density at radius 1 is 1.19 bits per heavy atom. The summed E-state index contributed by atoms with van der Waals surface area (Å²) in [6.07, 6.45) is 0. The summed E-state index contributed by atoms with van der Waals surface area (Å²) in [4.78, 5) is 24.5. The molecule has 162 valence electrons. The molecule has 8 nitrogen and oxygen atoms in total. The van der Waals surface area contributed by atoms with Crippen molar-refractivity contribution in [2.45, 2.75) is 18.6 Å². The molecule has 0 saturated heterocycles. The van der Waals surface area contributed by atoms with Gasteiger partial charge in [0.1, 0.15) is 11.6 Å². The van der Waals surface area contributed by atoms with Crippen LogP contribution in [-0.2, 0) is 18.4 Å². The Morgan fingerprint density at radius 2 is 1.97 bits per heavy atom. The molecule has 0 saturated carbocycles. The summed E-state index contributed by atoms with van der Waals surface area (Å²) in [5.74, 6) is -0.174. The number of nitrogens with zero attached hydrogens (tertiary/aromatic N) is 3. The Kier molecular flexibility index (Phi) is 7.24. The van der Waals surface area contributed by atoms with Gasteiger partial charge in [0.15, 0.2) is 11.0 Å². The molecule has 3 aromatic rings. The van der Waals surface area contributed by atoms with Crippen LogP contribution in [0.3, 0.4) is 0 Å². The molecule has 0 radical (unpaired) electrons. The zero-order chi connectivity index (χ0) is 22.4. The fourth-order valence-corrected chi connectivity index (χ4v) is 3.49. The van der Waals surface area contributed by atoms with E-state index in [1.165, 1.54) is 30.0 Å². The number of carbonyl (C=O) groups excluding carboxylic acids is 2. The lowest BCUT2D eigenvalue weighted by Gasteiger charge is -2.11. The van der Waals surface area contributed by atoms with E-state index in [-0.39, 0.29) is 23.8 Å². The van der Waals surface area contributed by atoms with Crippen molar-refractivity contribution in [2.75, 3.05) is 18.2 Å². The molecule has 0 atom stereocenters. The van der Waals surface area contributed by atoms with Crippen molar-refractivity contribution in [1.29, 1.82) is 0 Å². The Bertz CT molecular complexity index is 1100. The van der Waals surface area contributed by atoms with E-state index in [0.717, 1.165) is 5.56 Å². The minimum absolute atomic E-state index is 0.0393. The number of ether oxygens (including phenoxy) is 1. The molecule has 31 heavy (non-hydrogen) atoms. The van der Waals surface area contributed by atoms with E-state index in [9.17, 15) is 14.0 Å². The Morgan fingerprint density at radius 3 is 2.71 bits per heavy atom. The third-order valence-corrected chi connectivity index (χ3v) is 5.43. The van der Waals surface area contributed by atoms with Gasteiger partial charge in [0.25, 0.3) is 5.91 Å². The quantitative estimate of drug-likeness (QED) is 0.520. The number of carbonyl (C=O) groups is 2. The van der Waals surface area contributed by atoms with Crippen molar-refractivity contribution < 1.29 is 18.7 Å². The van der Waals surface area contributed by atoms with Crippen LogP contribution in [0.25, 0.3) is 0 Å². The first kappa shape index (κ1) is 22.3. The molecule has 0 aliphatic heterocycles. The lowest BCUT2D eigenvalue weighted by molar-refractivity contribution is -0.113. The molecule has 3 rings (SSSR count). The van der Waals surface area contributed by atoms with Crippen molar-refractivity contribution in [3.63, 3.8) is 0 Å². The fraction of sp³-hybridized carbons (Fsp3) is 0.238. The molecule has 10 heteroatoms. The highest BCUT2D eigenvalue weighted by Crippen LogP contribution is 2.25. The number of amides is 2. The summed E-state index contributed by atoms with van der Waals surface area (Å²) in [6.45, 7) is 2.00. The van der Waals surface area contributed by atoms with Gasteiger partial charge in [0.2, 0.25) is 5.91 Å². The first-order valence-corrected chi connectivity index (χ1v) is 10.4. The maximum absolute atomic E-state index is 13.7. The number of aromatic nitrogens is 3. The summed E-state index contributed by atoms with van der Waals surface area (Å²) in [6, 6.07) is 11.3. The number of nitrogens with one attached hydrogen (secondary N) is 2. The van der Waals surface area contributed by atoms with Crippen LogP contribution in [0.1, 0.15) is 21.7 Å². The smallest absolute Gasteiger partial charge is 0.254 e. The third kappa shape index (κ3) is 5.60. The summed E-state index contributed by atoms with van der Waals surface area (Å²) in [5, 5.41) is 14.1. The van der Waals surface area contributed by atoms with Crippen LogP contribution in [0, 0.1) is 12.7 Å². The number of benzene rings is 2. The second-order valence-electron chi connectivity index (χ2n) is 6.66. The molecule has 0 spiro atoms. The number of anilines is 1.